The Morgan fingerprint density at radius 2 is 2.16 bits per heavy atom. The Balaban J connectivity index is 2.19. The van der Waals surface area contributed by atoms with Crippen LogP contribution >= 0.6 is 27.5 Å². The zero-order valence-electron chi connectivity index (χ0n) is 10.7. The van der Waals surface area contributed by atoms with Gasteiger partial charge in [-0.3, -0.25) is 0 Å². The molecular formula is C14H13BrClN3. The van der Waals surface area contributed by atoms with Crippen molar-refractivity contribution in [2.45, 2.75) is 13.5 Å². The lowest BCUT2D eigenvalue weighted by atomic mass is 10.2. The number of nitriles is 1. The summed E-state index contributed by atoms with van der Waals surface area (Å²) in [6, 6.07) is 9.75. The molecule has 0 amide bonds. The van der Waals surface area contributed by atoms with Crippen molar-refractivity contribution in [1.29, 1.82) is 5.26 Å². The number of halogens is 2. The molecule has 0 atom stereocenters. The second-order valence-corrected chi connectivity index (χ2v) is 5.61. The van der Waals surface area contributed by atoms with E-state index in [-0.39, 0.29) is 0 Å². The van der Waals surface area contributed by atoms with E-state index >= 15 is 0 Å². The number of nitrogens with one attached hydrogen (secondary N) is 1. The molecule has 0 saturated carbocycles. The third kappa shape index (κ3) is 2.94. The number of rotatable bonds is 3. The Morgan fingerprint density at radius 1 is 1.42 bits per heavy atom. The van der Waals surface area contributed by atoms with Crippen LogP contribution in [0.1, 0.15) is 17.0 Å². The summed E-state index contributed by atoms with van der Waals surface area (Å²) in [6.45, 7) is 2.64. The van der Waals surface area contributed by atoms with Gasteiger partial charge < -0.3 is 9.88 Å². The van der Waals surface area contributed by atoms with E-state index in [0.717, 1.165) is 21.4 Å². The molecule has 1 N–H and O–H groups in total. The molecule has 1 heterocycles. The fourth-order valence-electron chi connectivity index (χ4n) is 1.87. The van der Waals surface area contributed by atoms with Gasteiger partial charge in [0.05, 0.1) is 10.7 Å². The summed E-state index contributed by atoms with van der Waals surface area (Å²) in [7, 11) is 1.89. The molecule has 0 unspecified atom stereocenters. The maximum Gasteiger partial charge on any atom is 0.120 e. The second-order valence-electron chi connectivity index (χ2n) is 4.29. The lowest BCUT2D eigenvalue weighted by Gasteiger charge is -2.09. The van der Waals surface area contributed by atoms with Crippen molar-refractivity contribution in [3.8, 4) is 6.07 Å². The molecule has 0 fully saturated rings. The highest BCUT2D eigenvalue weighted by Gasteiger charge is 2.09. The smallest absolute Gasteiger partial charge is 0.120 e. The molecule has 98 valence electrons. The van der Waals surface area contributed by atoms with Gasteiger partial charge in [-0.25, -0.2) is 0 Å². The first-order valence-corrected chi connectivity index (χ1v) is 6.94. The average Bonchev–Trinajstić information content (AvgIpc) is 2.67. The van der Waals surface area contributed by atoms with E-state index in [1.807, 2.05) is 42.8 Å². The standard InChI is InChI=1S/C14H13BrClN3/c1-9-10(5-12(7-17)19(9)2)8-18-14-6-11(15)3-4-13(14)16/h3-6,18H,8H2,1-2H3. The molecule has 0 aliphatic rings. The first kappa shape index (κ1) is 14.0. The fourth-order valence-corrected chi connectivity index (χ4v) is 2.42. The van der Waals surface area contributed by atoms with E-state index < -0.39 is 0 Å². The summed E-state index contributed by atoms with van der Waals surface area (Å²) in [6.07, 6.45) is 0. The maximum absolute atomic E-state index is 9.00. The number of hydrogen-bond acceptors (Lipinski definition) is 2. The van der Waals surface area contributed by atoms with Gasteiger partial charge in [-0.15, -0.1) is 0 Å². The molecule has 2 aromatic rings. The highest BCUT2D eigenvalue weighted by Crippen LogP contribution is 2.26. The highest BCUT2D eigenvalue weighted by atomic mass is 79.9. The lowest BCUT2D eigenvalue weighted by Crippen LogP contribution is -2.02. The van der Waals surface area contributed by atoms with Crippen molar-refractivity contribution >= 4 is 33.2 Å². The third-order valence-electron chi connectivity index (χ3n) is 3.15. The Hall–Kier alpha value is -1.44. The van der Waals surface area contributed by atoms with E-state index in [1.54, 1.807) is 0 Å². The van der Waals surface area contributed by atoms with E-state index in [9.17, 15) is 0 Å². The van der Waals surface area contributed by atoms with E-state index in [4.69, 9.17) is 16.9 Å². The molecule has 0 spiro atoms. The Morgan fingerprint density at radius 3 is 2.79 bits per heavy atom. The summed E-state index contributed by atoms with van der Waals surface area (Å²) in [4.78, 5) is 0. The molecule has 2 rings (SSSR count). The molecule has 0 bridgehead atoms. The van der Waals surface area contributed by atoms with E-state index in [0.29, 0.717) is 17.3 Å². The van der Waals surface area contributed by atoms with Crippen molar-refractivity contribution < 1.29 is 0 Å². The lowest BCUT2D eigenvalue weighted by molar-refractivity contribution is 0.856. The topological polar surface area (TPSA) is 40.8 Å². The minimum Gasteiger partial charge on any atom is -0.380 e. The van der Waals surface area contributed by atoms with Crippen LogP contribution in [-0.4, -0.2) is 4.57 Å². The van der Waals surface area contributed by atoms with Crippen LogP contribution in [0.15, 0.2) is 28.7 Å². The molecule has 1 aromatic carbocycles. The Kier molecular flexibility index (Phi) is 4.18. The number of aromatic nitrogens is 1. The highest BCUT2D eigenvalue weighted by molar-refractivity contribution is 9.10. The molecule has 0 aliphatic heterocycles. The van der Waals surface area contributed by atoms with Gasteiger partial charge in [0.15, 0.2) is 0 Å². The Bertz CT molecular complexity index is 655. The second kappa shape index (κ2) is 5.68. The summed E-state index contributed by atoms with van der Waals surface area (Å²) < 4.78 is 2.86. The maximum atomic E-state index is 9.00. The molecule has 3 nitrogen and oxygen atoms in total. The SMILES string of the molecule is Cc1c(CNc2cc(Br)ccc2Cl)cc(C#N)n1C. The van der Waals surface area contributed by atoms with Gasteiger partial charge in [0.1, 0.15) is 11.8 Å². The van der Waals surface area contributed by atoms with Gasteiger partial charge in [0.25, 0.3) is 0 Å². The third-order valence-corrected chi connectivity index (χ3v) is 3.98. The van der Waals surface area contributed by atoms with Crippen molar-refractivity contribution in [3.63, 3.8) is 0 Å². The summed E-state index contributed by atoms with van der Waals surface area (Å²) in [5.74, 6) is 0. The van der Waals surface area contributed by atoms with Crippen LogP contribution in [0.25, 0.3) is 0 Å². The summed E-state index contributed by atoms with van der Waals surface area (Å²) in [5.41, 5.74) is 3.71. The average molecular weight is 339 g/mol. The first-order valence-electron chi connectivity index (χ1n) is 5.77. The number of anilines is 1. The van der Waals surface area contributed by atoms with Crippen LogP contribution in [0.3, 0.4) is 0 Å². The van der Waals surface area contributed by atoms with Crippen LogP contribution < -0.4 is 5.32 Å². The molecule has 1 aromatic heterocycles. The number of hydrogen-bond donors (Lipinski definition) is 1. The largest absolute Gasteiger partial charge is 0.380 e. The predicted molar refractivity (Wildman–Crippen MR) is 81.3 cm³/mol. The minimum absolute atomic E-state index is 0.636. The molecule has 0 saturated heterocycles. The van der Waals surface area contributed by atoms with Gasteiger partial charge in [-0.2, -0.15) is 5.26 Å². The van der Waals surface area contributed by atoms with Gasteiger partial charge in [0, 0.05) is 23.8 Å². The van der Waals surface area contributed by atoms with Crippen LogP contribution in [0.4, 0.5) is 5.69 Å². The first-order chi connectivity index (χ1) is 9.02. The fraction of sp³-hybridized carbons (Fsp3) is 0.214. The van der Waals surface area contributed by atoms with Gasteiger partial charge in [-0.05, 0) is 36.8 Å². The quantitative estimate of drug-likeness (QED) is 0.909. The van der Waals surface area contributed by atoms with Crippen LogP contribution in [0.2, 0.25) is 5.02 Å². The normalized spacial score (nSPS) is 10.3. The molecule has 0 radical (unpaired) electrons. The summed E-state index contributed by atoms with van der Waals surface area (Å²) in [5, 5.41) is 13.0. The van der Waals surface area contributed by atoms with E-state index in [1.165, 1.54) is 0 Å². The predicted octanol–water partition coefficient (Wildman–Crippen LogP) is 4.23. The van der Waals surface area contributed by atoms with Gasteiger partial charge in [-0.1, -0.05) is 27.5 Å². The van der Waals surface area contributed by atoms with Gasteiger partial charge >= 0.3 is 0 Å². The molecule has 19 heavy (non-hydrogen) atoms. The van der Waals surface area contributed by atoms with Crippen molar-refractivity contribution in [1.82, 2.24) is 4.57 Å². The van der Waals surface area contributed by atoms with E-state index in [2.05, 4.69) is 27.3 Å². The van der Waals surface area contributed by atoms with Crippen LogP contribution in [0.5, 0.6) is 0 Å². The zero-order valence-corrected chi connectivity index (χ0v) is 13.0. The molecule has 0 aliphatic carbocycles. The zero-order chi connectivity index (χ0) is 14.0. The number of benzene rings is 1. The van der Waals surface area contributed by atoms with Crippen LogP contribution in [0, 0.1) is 18.3 Å². The number of nitrogens with zero attached hydrogens (tertiary/aromatic N) is 2. The Labute approximate surface area is 125 Å². The summed E-state index contributed by atoms with van der Waals surface area (Å²) >= 11 is 9.54. The van der Waals surface area contributed by atoms with Gasteiger partial charge in [0.2, 0.25) is 0 Å². The van der Waals surface area contributed by atoms with Crippen molar-refractivity contribution in [2.24, 2.45) is 7.05 Å². The molecular weight excluding hydrogens is 326 g/mol. The van der Waals surface area contributed by atoms with Crippen molar-refractivity contribution in [3.05, 3.63) is 50.7 Å². The monoisotopic (exact) mass is 337 g/mol. The van der Waals surface area contributed by atoms with Crippen LogP contribution in [-0.2, 0) is 13.6 Å². The molecule has 5 heteroatoms. The minimum atomic E-state index is 0.636. The van der Waals surface area contributed by atoms with Crippen molar-refractivity contribution in [2.75, 3.05) is 5.32 Å².